The molecule has 0 aliphatic carbocycles. The predicted molar refractivity (Wildman–Crippen MR) is 65.7 cm³/mol. The number of ether oxygens (including phenoxy) is 1. The van der Waals surface area contributed by atoms with Gasteiger partial charge in [0.15, 0.2) is 0 Å². The van der Waals surface area contributed by atoms with Crippen LogP contribution in [0.2, 0.25) is 0 Å². The summed E-state index contributed by atoms with van der Waals surface area (Å²) < 4.78 is 4.94. The lowest BCUT2D eigenvalue weighted by atomic mass is 10.1. The second-order valence-electron chi connectivity index (χ2n) is 3.66. The molecule has 1 aliphatic rings. The molecule has 3 heteroatoms. The largest absolute Gasteiger partial charge is 0.381 e. The van der Waals surface area contributed by atoms with Gasteiger partial charge in [0.1, 0.15) is 0 Å². The first kappa shape index (κ1) is 13.2. The van der Waals surface area contributed by atoms with Crippen molar-refractivity contribution in [1.82, 2.24) is 0 Å². The van der Waals surface area contributed by atoms with Crippen molar-refractivity contribution in [3.05, 3.63) is 35.9 Å². The second-order valence-corrected chi connectivity index (χ2v) is 4.08. The summed E-state index contributed by atoms with van der Waals surface area (Å²) in [5.74, 6) is 0. The molecule has 0 N–H and O–H groups in total. The van der Waals surface area contributed by atoms with Crippen molar-refractivity contribution < 1.29 is 9.53 Å². The summed E-state index contributed by atoms with van der Waals surface area (Å²) in [5, 5.41) is -0.270. The maximum absolute atomic E-state index is 10.4. The third-order valence-corrected chi connectivity index (χ3v) is 2.47. The molecule has 2 nitrogen and oxygen atoms in total. The number of halogens is 1. The fourth-order valence-electron chi connectivity index (χ4n) is 1.40. The van der Waals surface area contributed by atoms with Gasteiger partial charge in [-0.2, -0.15) is 0 Å². The molecule has 0 saturated carbocycles. The number of carbonyl (C=O) groups is 1. The second kappa shape index (κ2) is 8.31. The summed E-state index contributed by atoms with van der Waals surface area (Å²) in [6, 6.07) is 9.83. The van der Waals surface area contributed by atoms with Crippen LogP contribution in [0.25, 0.3) is 0 Å². The van der Waals surface area contributed by atoms with E-state index >= 15 is 0 Å². The molecule has 16 heavy (non-hydrogen) atoms. The maximum Gasteiger partial charge on any atom is 0.221 e. The SMILES string of the molecule is C1CCOC1.O=C(Cl)CCc1ccccc1. The van der Waals surface area contributed by atoms with Crippen LogP contribution in [0, 0.1) is 0 Å². The number of rotatable bonds is 3. The number of carbonyl (C=O) groups excluding carboxylic acids is 1. The molecule has 0 unspecified atom stereocenters. The molecular weight excluding hydrogens is 224 g/mol. The standard InChI is InChI=1S/C9H9ClO.C4H8O/c10-9(11)7-6-8-4-2-1-3-5-8;1-2-4-5-3-1/h1-5H,6-7H2;1-4H2. The Labute approximate surface area is 102 Å². The van der Waals surface area contributed by atoms with E-state index in [0.29, 0.717) is 6.42 Å². The molecule has 0 amide bonds. The van der Waals surface area contributed by atoms with Crippen molar-refractivity contribution in [2.75, 3.05) is 13.2 Å². The fourth-order valence-corrected chi connectivity index (χ4v) is 1.49. The third kappa shape index (κ3) is 6.59. The van der Waals surface area contributed by atoms with Gasteiger partial charge < -0.3 is 4.74 Å². The van der Waals surface area contributed by atoms with Crippen LogP contribution in [0.4, 0.5) is 0 Å². The van der Waals surface area contributed by atoms with Gasteiger partial charge in [0.25, 0.3) is 0 Å². The molecule has 0 radical (unpaired) electrons. The first-order chi connectivity index (χ1) is 7.79. The Kier molecular flexibility index (Phi) is 6.86. The molecule has 1 aromatic rings. The van der Waals surface area contributed by atoms with Crippen molar-refractivity contribution in [2.45, 2.75) is 25.7 Å². The van der Waals surface area contributed by atoms with Gasteiger partial charge in [-0.15, -0.1) is 0 Å². The van der Waals surface area contributed by atoms with Gasteiger partial charge in [-0.3, -0.25) is 4.79 Å². The minimum atomic E-state index is -0.270. The van der Waals surface area contributed by atoms with Crippen LogP contribution in [0.15, 0.2) is 30.3 Å². The monoisotopic (exact) mass is 240 g/mol. The van der Waals surface area contributed by atoms with Crippen molar-refractivity contribution in [2.24, 2.45) is 0 Å². The van der Waals surface area contributed by atoms with E-state index in [0.717, 1.165) is 25.2 Å². The summed E-state index contributed by atoms with van der Waals surface area (Å²) in [4.78, 5) is 10.4. The zero-order valence-electron chi connectivity index (χ0n) is 9.32. The first-order valence-electron chi connectivity index (χ1n) is 5.59. The molecule has 88 valence electrons. The summed E-state index contributed by atoms with van der Waals surface area (Å²) in [7, 11) is 0. The van der Waals surface area contributed by atoms with E-state index in [1.165, 1.54) is 12.8 Å². The predicted octanol–water partition coefficient (Wildman–Crippen LogP) is 3.18. The van der Waals surface area contributed by atoms with E-state index in [1.54, 1.807) is 0 Å². The quantitative estimate of drug-likeness (QED) is 0.759. The van der Waals surface area contributed by atoms with Crippen molar-refractivity contribution in [1.29, 1.82) is 0 Å². The third-order valence-electron chi connectivity index (χ3n) is 2.28. The zero-order valence-corrected chi connectivity index (χ0v) is 10.1. The number of hydrogen-bond donors (Lipinski definition) is 0. The van der Waals surface area contributed by atoms with Crippen LogP contribution >= 0.6 is 11.6 Å². The number of benzene rings is 1. The normalized spacial score (nSPS) is 14.1. The zero-order chi connectivity index (χ0) is 11.6. The molecule has 1 aromatic carbocycles. The van der Waals surface area contributed by atoms with Crippen LogP contribution in [-0.4, -0.2) is 18.5 Å². The Balaban J connectivity index is 0.000000212. The van der Waals surface area contributed by atoms with Gasteiger partial charge in [0.05, 0.1) is 0 Å². The van der Waals surface area contributed by atoms with Crippen molar-refractivity contribution in [3.8, 4) is 0 Å². The van der Waals surface area contributed by atoms with E-state index in [-0.39, 0.29) is 5.24 Å². The molecule has 0 spiro atoms. The van der Waals surface area contributed by atoms with E-state index in [9.17, 15) is 4.79 Å². The van der Waals surface area contributed by atoms with Crippen LogP contribution in [-0.2, 0) is 16.0 Å². The summed E-state index contributed by atoms with van der Waals surface area (Å²) in [5.41, 5.74) is 1.15. The van der Waals surface area contributed by atoms with Gasteiger partial charge in [0.2, 0.25) is 5.24 Å². The van der Waals surface area contributed by atoms with Gasteiger partial charge in [0, 0.05) is 19.6 Å². The molecule has 1 aliphatic heterocycles. The lowest BCUT2D eigenvalue weighted by Gasteiger charge is -1.95. The molecule has 1 saturated heterocycles. The molecular formula is C13H17ClO2. The number of aryl methyl sites for hydroxylation is 1. The van der Waals surface area contributed by atoms with Gasteiger partial charge in [-0.25, -0.2) is 0 Å². The van der Waals surface area contributed by atoms with Crippen molar-refractivity contribution in [3.63, 3.8) is 0 Å². The molecule has 0 atom stereocenters. The summed E-state index contributed by atoms with van der Waals surface area (Å²) >= 11 is 5.19. The highest BCUT2D eigenvalue weighted by molar-refractivity contribution is 6.63. The molecule has 1 fully saturated rings. The van der Waals surface area contributed by atoms with E-state index in [4.69, 9.17) is 16.3 Å². The fraction of sp³-hybridized carbons (Fsp3) is 0.462. The van der Waals surface area contributed by atoms with Crippen LogP contribution < -0.4 is 0 Å². The minimum absolute atomic E-state index is 0.270. The molecule has 1 heterocycles. The maximum atomic E-state index is 10.4. The van der Waals surface area contributed by atoms with Gasteiger partial charge in [-0.05, 0) is 36.4 Å². The lowest BCUT2D eigenvalue weighted by molar-refractivity contribution is -0.111. The van der Waals surface area contributed by atoms with Crippen LogP contribution in [0.1, 0.15) is 24.8 Å². The highest BCUT2D eigenvalue weighted by Gasteiger charge is 1.96. The average Bonchev–Trinajstić information content (AvgIpc) is 2.86. The Hall–Kier alpha value is -0.860. The lowest BCUT2D eigenvalue weighted by Crippen LogP contribution is -1.90. The van der Waals surface area contributed by atoms with E-state index < -0.39 is 0 Å². The van der Waals surface area contributed by atoms with Crippen LogP contribution in [0.3, 0.4) is 0 Å². The molecule has 2 rings (SSSR count). The van der Waals surface area contributed by atoms with Gasteiger partial charge >= 0.3 is 0 Å². The smallest absolute Gasteiger partial charge is 0.221 e. The first-order valence-corrected chi connectivity index (χ1v) is 5.97. The highest BCUT2D eigenvalue weighted by atomic mass is 35.5. The van der Waals surface area contributed by atoms with Gasteiger partial charge in [-0.1, -0.05) is 30.3 Å². The Morgan fingerprint density at radius 1 is 1.19 bits per heavy atom. The minimum Gasteiger partial charge on any atom is -0.381 e. The Bertz CT molecular complexity index is 286. The van der Waals surface area contributed by atoms with Crippen molar-refractivity contribution >= 4 is 16.8 Å². The van der Waals surface area contributed by atoms with E-state index in [1.807, 2.05) is 30.3 Å². The number of hydrogen-bond acceptors (Lipinski definition) is 2. The highest BCUT2D eigenvalue weighted by Crippen LogP contribution is 2.03. The Morgan fingerprint density at radius 3 is 2.25 bits per heavy atom. The Morgan fingerprint density at radius 2 is 1.81 bits per heavy atom. The van der Waals surface area contributed by atoms with E-state index in [2.05, 4.69) is 0 Å². The topological polar surface area (TPSA) is 26.3 Å². The summed E-state index contributed by atoms with van der Waals surface area (Å²) in [6.45, 7) is 2.00. The average molecular weight is 241 g/mol. The molecule has 0 aromatic heterocycles. The molecule has 0 bridgehead atoms. The summed E-state index contributed by atoms with van der Waals surface area (Å²) in [6.07, 6.45) is 3.72. The van der Waals surface area contributed by atoms with Crippen LogP contribution in [0.5, 0.6) is 0 Å².